The summed E-state index contributed by atoms with van der Waals surface area (Å²) in [6.45, 7) is 2.84. The van der Waals surface area contributed by atoms with E-state index in [2.05, 4.69) is 10.6 Å². The Balaban J connectivity index is 1.94. The maximum Gasteiger partial charge on any atom is 0.251 e. The topological polar surface area (TPSA) is 64.7 Å². The Morgan fingerprint density at radius 3 is 1.25 bits per heavy atom. The lowest BCUT2D eigenvalue weighted by atomic mass is 10.0. The Morgan fingerprint density at radius 2 is 0.964 bits per heavy atom. The van der Waals surface area contributed by atoms with Crippen LogP contribution in [0.1, 0.15) is 20.7 Å². The minimum absolute atomic E-state index is 0.0712. The summed E-state index contributed by atoms with van der Waals surface area (Å²) in [5.74, 6) is -0.142. The molecular formula is C22H30N4O2. The summed E-state index contributed by atoms with van der Waals surface area (Å²) in [6.07, 6.45) is 0. The molecule has 2 N–H and O–H groups in total. The van der Waals surface area contributed by atoms with Gasteiger partial charge in [-0.2, -0.15) is 0 Å². The van der Waals surface area contributed by atoms with Crippen LogP contribution in [0.3, 0.4) is 0 Å². The molecular weight excluding hydrogens is 352 g/mol. The molecule has 6 nitrogen and oxygen atoms in total. The third-order valence-corrected chi connectivity index (χ3v) is 4.32. The van der Waals surface area contributed by atoms with Crippen molar-refractivity contribution in [1.82, 2.24) is 20.4 Å². The van der Waals surface area contributed by atoms with E-state index < -0.39 is 0 Å². The molecule has 6 heteroatoms. The Morgan fingerprint density at radius 1 is 0.643 bits per heavy atom. The first-order valence-corrected chi connectivity index (χ1v) is 9.43. The molecule has 0 unspecified atom stereocenters. The molecule has 0 atom stereocenters. The minimum atomic E-state index is -0.0712. The molecule has 0 saturated carbocycles. The molecule has 0 heterocycles. The fourth-order valence-corrected chi connectivity index (χ4v) is 2.62. The second-order valence-electron chi connectivity index (χ2n) is 7.27. The van der Waals surface area contributed by atoms with Crippen molar-refractivity contribution in [2.75, 3.05) is 54.4 Å². The van der Waals surface area contributed by atoms with Crippen molar-refractivity contribution in [2.24, 2.45) is 0 Å². The number of benzene rings is 2. The van der Waals surface area contributed by atoms with Gasteiger partial charge in [-0.1, -0.05) is 24.3 Å². The summed E-state index contributed by atoms with van der Waals surface area (Å²) in [7, 11) is 7.89. The van der Waals surface area contributed by atoms with Crippen molar-refractivity contribution in [3.63, 3.8) is 0 Å². The van der Waals surface area contributed by atoms with Crippen molar-refractivity contribution in [1.29, 1.82) is 0 Å². The minimum Gasteiger partial charge on any atom is -0.351 e. The highest BCUT2D eigenvalue weighted by atomic mass is 16.2. The molecule has 0 aliphatic heterocycles. The van der Waals surface area contributed by atoms with E-state index in [4.69, 9.17) is 0 Å². The van der Waals surface area contributed by atoms with Gasteiger partial charge in [0.05, 0.1) is 0 Å². The summed E-state index contributed by atoms with van der Waals surface area (Å²) in [5, 5.41) is 5.81. The van der Waals surface area contributed by atoms with Crippen molar-refractivity contribution < 1.29 is 9.59 Å². The summed E-state index contributed by atoms with van der Waals surface area (Å²) >= 11 is 0. The number of hydrogen-bond acceptors (Lipinski definition) is 4. The highest BCUT2D eigenvalue weighted by molar-refractivity contribution is 5.95. The number of hydrogen-bond donors (Lipinski definition) is 2. The van der Waals surface area contributed by atoms with Crippen LogP contribution in [0, 0.1) is 0 Å². The predicted molar refractivity (Wildman–Crippen MR) is 114 cm³/mol. The number of rotatable bonds is 9. The number of nitrogens with zero attached hydrogens (tertiary/aromatic N) is 2. The number of likely N-dealkylation sites (N-methyl/N-ethyl adjacent to an activating group) is 2. The van der Waals surface area contributed by atoms with Crippen LogP contribution in [0.4, 0.5) is 0 Å². The van der Waals surface area contributed by atoms with E-state index in [1.807, 2.05) is 86.5 Å². The van der Waals surface area contributed by atoms with Crippen LogP contribution >= 0.6 is 0 Å². The molecule has 2 aromatic carbocycles. The fourth-order valence-electron chi connectivity index (χ4n) is 2.62. The van der Waals surface area contributed by atoms with E-state index in [0.29, 0.717) is 24.2 Å². The summed E-state index contributed by atoms with van der Waals surface area (Å²) in [6, 6.07) is 15.0. The van der Waals surface area contributed by atoms with Gasteiger partial charge in [0.15, 0.2) is 0 Å². The molecule has 0 aliphatic carbocycles. The van der Waals surface area contributed by atoms with Crippen molar-refractivity contribution in [2.45, 2.75) is 0 Å². The third-order valence-electron chi connectivity index (χ3n) is 4.32. The second-order valence-corrected chi connectivity index (χ2v) is 7.27. The average Bonchev–Trinajstić information content (AvgIpc) is 2.67. The van der Waals surface area contributed by atoms with Gasteiger partial charge in [-0.05, 0) is 63.6 Å². The van der Waals surface area contributed by atoms with Gasteiger partial charge >= 0.3 is 0 Å². The average molecular weight is 383 g/mol. The van der Waals surface area contributed by atoms with E-state index in [9.17, 15) is 9.59 Å². The maximum atomic E-state index is 12.1. The van der Waals surface area contributed by atoms with E-state index in [1.165, 1.54) is 0 Å². The standard InChI is InChI=1S/C22H30N4O2/c1-25(2)15-13-23-21(27)19-9-5-17(6-10-19)18-7-11-20(12-8-18)22(28)24-14-16-26(3)4/h5-12H,13-16H2,1-4H3,(H,23,27)(H,24,28). The van der Waals surface area contributed by atoms with Crippen LogP contribution < -0.4 is 10.6 Å². The molecule has 2 rings (SSSR count). The van der Waals surface area contributed by atoms with Crippen LogP contribution in [-0.4, -0.2) is 76.0 Å². The number of carbonyl (C=O) groups is 2. The molecule has 0 aromatic heterocycles. The molecule has 0 fully saturated rings. The van der Waals surface area contributed by atoms with Crippen molar-refractivity contribution >= 4 is 11.8 Å². The first-order valence-electron chi connectivity index (χ1n) is 9.43. The normalized spacial score (nSPS) is 10.9. The molecule has 2 aromatic rings. The molecule has 0 aliphatic rings. The van der Waals surface area contributed by atoms with Gasteiger partial charge in [0.1, 0.15) is 0 Å². The molecule has 150 valence electrons. The van der Waals surface area contributed by atoms with E-state index in [1.54, 1.807) is 0 Å². The van der Waals surface area contributed by atoms with Crippen LogP contribution in [0.5, 0.6) is 0 Å². The van der Waals surface area contributed by atoms with Crippen molar-refractivity contribution in [3.05, 3.63) is 59.7 Å². The van der Waals surface area contributed by atoms with Gasteiger partial charge in [-0.3, -0.25) is 9.59 Å². The number of amides is 2. The third kappa shape index (κ3) is 6.79. The lowest BCUT2D eigenvalue weighted by molar-refractivity contribution is 0.0942. The van der Waals surface area contributed by atoms with Crippen molar-refractivity contribution in [3.8, 4) is 11.1 Å². The summed E-state index contributed by atoms with van der Waals surface area (Å²) < 4.78 is 0. The first kappa shape index (κ1) is 21.6. The molecule has 0 spiro atoms. The molecule has 0 bridgehead atoms. The number of carbonyl (C=O) groups excluding carboxylic acids is 2. The number of nitrogens with one attached hydrogen (secondary N) is 2. The van der Waals surface area contributed by atoms with E-state index in [0.717, 1.165) is 24.2 Å². The van der Waals surface area contributed by atoms with Gasteiger partial charge in [-0.15, -0.1) is 0 Å². The molecule has 28 heavy (non-hydrogen) atoms. The Kier molecular flexibility index (Phi) is 8.17. The Bertz CT molecular complexity index is 701. The largest absolute Gasteiger partial charge is 0.351 e. The Hall–Kier alpha value is -2.70. The van der Waals surface area contributed by atoms with E-state index in [-0.39, 0.29) is 11.8 Å². The molecule has 2 amide bonds. The van der Waals surface area contributed by atoms with Crippen LogP contribution in [0.2, 0.25) is 0 Å². The summed E-state index contributed by atoms with van der Waals surface area (Å²) in [5.41, 5.74) is 3.28. The van der Waals surface area contributed by atoms with Gasteiger partial charge in [-0.25, -0.2) is 0 Å². The van der Waals surface area contributed by atoms with Gasteiger partial charge in [0.25, 0.3) is 11.8 Å². The zero-order valence-corrected chi connectivity index (χ0v) is 17.2. The van der Waals surface area contributed by atoms with Gasteiger partial charge in [0, 0.05) is 37.3 Å². The maximum absolute atomic E-state index is 12.1. The smallest absolute Gasteiger partial charge is 0.251 e. The first-order chi connectivity index (χ1) is 13.4. The SMILES string of the molecule is CN(C)CCNC(=O)c1ccc(-c2ccc(C(=O)NCCN(C)C)cc2)cc1. The zero-order chi connectivity index (χ0) is 20.5. The summed E-state index contributed by atoms with van der Waals surface area (Å²) in [4.78, 5) is 28.3. The van der Waals surface area contributed by atoms with Gasteiger partial charge in [0.2, 0.25) is 0 Å². The molecule has 0 radical (unpaired) electrons. The van der Waals surface area contributed by atoms with Crippen LogP contribution in [0.15, 0.2) is 48.5 Å². The molecule has 0 saturated heterocycles. The highest BCUT2D eigenvalue weighted by Crippen LogP contribution is 2.20. The van der Waals surface area contributed by atoms with Gasteiger partial charge < -0.3 is 20.4 Å². The lowest BCUT2D eigenvalue weighted by Crippen LogP contribution is -2.31. The second kappa shape index (κ2) is 10.6. The van der Waals surface area contributed by atoms with Crippen LogP contribution in [-0.2, 0) is 0 Å². The zero-order valence-electron chi connectivity index (χ0n) is 17.2. The monoisotopic (exact) mass is 382 g/mol. The fraction of sp³-hybridized carbons (Fsp3) is 0.364. The Labute approximate surface area is 167 Å². The van der Waals surface area contributed by atoms with Crippen LogP contribution in [0.25, 0.3) is 11.1 Å². The quantitative estimate of drug-likeness (QED) is 0.696. The predicted octanol–water partition coefficient (Wildman–Crippen LogP) is 1.94. The highest BCUT2D eigenvalue weighted by Gasteiger charge is 2.08. The lowest BCUT2D eigenvalue weighted by Gasteiger charge is -2.11. The van der Waals surface area contributed by atoms with E-state index >= 15 is 0 Å².